The first-order valence-corrected chi connectivity index (χ1v) is 10.3. The Morgan fingerprint density at radius 2 is 1.43 bits per heavy atom. The summed E-state index contributed by atoms with van der Waals surface area (Å²) in [7, 11) is 0. The van der Waals surface area contributed by atoms with Gasteiger partial charge >= 0.3 is 0 Å². The minimum absolute atomic E-state index is 0.0851. The summed E-state index contributed by atoms with van der Waals surface area (Å²) < 4.78 is 5.53. The number of benzene rings is 1. The van der Waals surface area contributed by atoms with Crippen molar-refractivity contribution in [3.8, 4) is 0 Å². The zero-order chi connectivity index (χ0) is 20.4. The van der Waals surface area contributed by atoms with Crippen molar-refractivity contribution >= 4 is 11.6 Å². The molecule has 2 aliphatic rings. The minimum Gasteiger partial charge on any atom is -0.379 e. The van der Waals surface area contributed by atoms with Crippen LogP contribution in [-0.4, -0.2) is 47.2 Å². The van der Waals surface area contributed by atoms with Crippen LogP contribution in [0.15, 0.2) is 73.1 Å². The SMILES string of the molecule is O=C1N(N2CCOCC2)c2ccccc2C1(Cc1ccccn1)Cc1ccccn1. The van der Waals surface area contributed by atoms with Crippen LogP contribution in [0.4, 0.5) is 5.69 Å². The summed E-state index contributed by atoms with van der Waals surface area (Å²) in [5, 5.41) is 3.99. The van der Waals surface area contributed by atoms with Crippen LogP contribution < -0.4 is 5.01 Å². The van der Waals surface area contributed by atoms with Gasteiger partial charge < -0.3 is 4.74 Å². The van der Waals surface area contributed by atoms with Gasteiger partial charge in [-0.15, -0.1) is 0 Å². The monoisotopic (exact) mass is 400 g/mol. The number of ether oxygens (including phenoxy) is 1. The van der Waals surface area contributed by atoms with Crippen LogP contribution in [0.5, 0.6) is 0 Å². The highest BCUT2D eigenvalue weighted by Crippen LogP contribution is 2.46. The third kappa shape index (κ3) is 3.28. The van der Waals surface area contributed by atoms with Crippen molar-refractivity contribution in [1.82, 2.24) is 15.0 Å². The molecule has 1 amide bonds. The normalized spacial score (nSPS) is 18.4. The molecule has 2 aromatic heterocycles. The van der Waals surface area contributed by atoms with Gasteiger partial charge in [0.1, 0.15) is 0 Å². The topological polar surface area (TPSA) is 58.6 Å². The zero-order valence-corrected chi connectivity index (χ0v) is 16.8. The first kappa shape index (κ1) is 18.9. The van der Waals surface area contributed by atoms with Crippen molar-refractivity contribution in [3.05, 3.63) is 90.0 Å². The van der Waals surface area contributed by atoms with E-state index in [-0.39, 0.29) is 5.91 Å². The summed E-state index contributed by atoms with van der Waals surface area (Å²) in [6.07, 6.45) is 4.63. The van der Waals surface area contributed by atoms with Crippen molar-refractivity contribution in [3.63, 3.8) is 0 Å². The second-order valence-electron chi connectivity index (χ2n) is 7.78. The fourth-order valence-electron chi connectivity index (χ4n) is 4.55. The van der Waals surface area contributed by atoms with Crippen LogP contribution in [0.25, 0.3) is 0 Å². The fourth-order valence-corrected chi connectivity index (χ4v) is 4.55. The molecule has 2 aliphatic heterocycles. The maximum absolute atomic E-state index is 14.2. The number of morpholine rings is 1. The Morgan fingerprint density at radius 1 is 0.833 bits per heavy atom. The number of para-hydroxylation sites is 1. The molecule has 6 heteroatoms. The van der Waals surface area contributed by atoms with Crippen molar-refractivity contribution in [2.24, 2.45) is 0 Å². The number of rotatable bonds is 5. The van der Waals surface area contributed by atoms with Crippen LogP contribution in [0, 0.1) is 0 Å². The number of carbonyl (C=O) groups is 1. The molecular formula is C24H24N4O2. The van der Waals surface area contributed by atoms with Crippen molar-refractivity contribution in [2.75, 3.05) is 31.3 Å². The van der Waals surface area contributed by atoms with Gasteiger partial charge in [-0.25, -0.2) is 10.0 Å². The van der Waals surface area contributed by atoms with E-state index in [1.54, 1.807) is 12.4 Å². The number of hydrazine groups is 1. The number of anilines is 1. The Bertz CT molecular complexity index is 978. The molecule has 3 aromatic rings. The Hall–Kier alpha value is -3.09. The molecule has 0 spiro atoms. The molecule has 0 atom stereocenters. The summed E-state index contributed by atoms with van der Waals surface area (Å²) in [6.45, 7) is 2.64. The lowest BCUT2D eigenvalue weighted by atomic mass is 9.74. The molecule has 5 rings (SSSR count). The van der Waals surface area contributed by atoms with E-state index < -0.39 is 5.41 Å². The van der Waals surface area contributed by atoms with Gasteiger partial charge in [0.05, 0.1) is 24.3 Å². The first-order valence-electron chi connectivity index (χ1n) is 10.3. The van der Waals surface area contributed by atoms with Gasteiger partial charge in [-0.3, -0.25) is 14.8 Å². The second-order valence-corrected chi connectivity index (χ2v) is 7.78. The summed E-state index contributed by atoms with van der Waals surface area (Å²) in [5.74, 6) is 0.0851. The van der Waals surface area contributed by atoms with E-state index in [1.165, 1.54) is 0 Å². The predicted octanol–water partition coefficient (Wildman–Crippen LogP) is 2.79. The van der Waals surface area contributed by atoms with Crippen molar-refractivity contribution in [2.45, 2.75) is 18.3 Å². The third-order valence-corrected chi connectivity index (χ3v) is 5.94. The molecule has 30 heavy (non-hydrogen) atoms. The average molecular weight is 400 g/mol. The number of hydrogen-bond acceptors (Lipinski definition) is 5. The molecule has 1 aromatic carbocycles. The maximum atomic E-state index is 14.2. The minimum atomic E-state index is -0.752. The van der Waals surface area contributed by atoms with E-state index in [9.17, 15) is 4.79 Å². The number of amides is 1. The lowest BCUT2D eigenvalue weighted by Crippen LogP contribution is -2.54. The van der Waals surface area contributed by atoms with Crippen LogP contribution in [0.1, 0.15) is 17.0 Å². The molecule has 0 N–H and O–H groups in total. The van der Waals surface area contributed by atoms with Crippen molar-refractivity contribution < 1.29 is 9.53 Å². The van der Waals surface area contributed by atoms with E-state index in [1.807, 2.05) is 59.6 Å². The Labute approximate surface area is 176 Å². The molecule has 6 nitrogen and oxygen atoms in total. The van der Waals surface area contributed by atoms with Gasteiger partial charge in [0.25, 0.3) is 5.91 Å². The Kier molecular flexibility index (Phi) is 5.02. The summed E-state index contributed by atoms with van der Waals surface area (Å²) in [6, 6.07) is 19.9. The number of nitrogens with zero attached hydrogens (tertiary/aromatic N) is 4. The molecule has 152 valence electrons. The Balaban J connectivity index is 1.63. The average Bonchev–Trinajstić information content (AvgIpc) is 3.04. The zero-order valence-electron chi connectivity index (χ0n) is 16.8. The highest BCUT2D eigenvalue weighted by atomic mass is 16.5. The third-order valence-electron chi connectivity index (χ3n) is 5.94. The highest BCUT2D eigenvalue weighted by molar-refractivity contribution is 6.07. The van der Waals surface area contributed by atoms with Gasteiger partial charge in [-0.2, -0.15) is 0 Å². The summed E-state index contributed by atoms with van der Waals surface area (Å²) in [4.78, 5) is 23.3. The highest BCUT2D eigenvalue weighted by Gasteiger charge is 2.53. The molecule has 4 heterocycles. The maximum Gasteiger partial charge on any atom is 0.253 e. The molecule has 1 saturated heterocycles. The molecule has 0 bridgehead atoms. The standard InChI is InChI=1S/C24H24N4O2/c29-23-24(17-19-7-3-5-11-25-19,18-20-8-4-6-12-26-20)21-9-1-2-10-22(21)28(23)27-13-15-30-16-14-27/h1-12H,13-18H2. The van der Waals surface area contributed by atoms with Gasteiger partial charge in [-0.1, -0.05) is 30.3 Å². The quantitative estimate of drug-likeness (QED) is 0.659. The molecular weight excluding hydrogens is 376 g/mol. The van der Waals surface area contributed by atoms with Gasteiger partial charge in [0.2, 0.25) is 0 Å². The van der Waals surface area contributed by atoms with Crippen LogP contribution in [0.2, 0.25) is 0 Å². The fraction of sp³-hybridized carbons (Fsp3) is 0.292. The van der Waals surface area contributed by atoms with E-state index >= 15 is 0 Å². The van der Waals surface area contributed by atoms with Crippen LogP contribution in [-0.2, 0) is 27.8 Å². The Morgan fingerprint density at radius 3 is 2.03 bits per heavy atom. The lowest BCUT2D eigenvalue weighted by Gasteiger charge is -2.36. The van der Waals surface area contributed by atoms with E-state index in [4.69, 9.17) is 4.74 Å². The lowest BCUT2D eigenvalue weighted by molar-refractivity contribution is -0.127. The largest absolute Gasteiger partial charge is 0.379 e. The molecule has 0 saturated carbocycles. The number of hydrogen-bond donors (Lipinski definition) is 0. The number of carbonyl (C=O) groups excluding carboxylic acids is 1. The first-order chi connectivity index (χ1) is 14.8. The number of pyridine rings is 2. The number of aromatic nitrogens is 2. The molecule has 0 aliphatic carbocycles. The molecule has 1 fully saturated rings. The predicted molar refractivity (Wildman–Crippen MR) is 114 cm³/mol. The smallest absolute Gasteiger partial charge is 0.253 e. The van der Waals surface area contributed by atoms with E-state index in [2.05, 4.69) is 21.0 Å². The van der Waals surface area contributed by atoms with Gasteiger partial charge in [0, 0.05) is 49.7 Å². The summed E-state index contributed by atoms with van der Waals surface area (Å²) >= 11 is 0. The van der Waals surface area contributed by atoms with Crippen LogP contribution >= 0.6 is 0 Å². The van der Waals surface area contributed by atoms with Gasteiger partial charge in [0.15, 0.2) is 0 Å². The molecule has 0 unspecified atom stereocenters. The van der Waals surface area contributed by atoms with Crippen LogP contribution in [0.3, 0.4) is 0 Å². The van der Waals surface area contributed by atoms with E-state index in [0.29, 0.717) is 39.1 Å². The van der Waals surface area contributed by atoms with Crippen molar-refractivity contribution in [1.29, 1.82) is 0 Å². The van der Waals surface area contributed by atoms with Gasteiger partial charge in [-0.05, 0) is 35.9 Å². The van der Waals surface area contributed by atoms with E-state index in [0.717, 1.165) is 22.6 Å². The molecule has 0 radical (unpaired) electrons. The summed E-state index contributed by atoms with van der Waals surface area (Å²) in [5.41, 5.74) is 3.05. The second kappa shape index (κ2) is 7.97. The number of fused-ring (bicyclic) bond motifs is 1.